The van der Waals surface area contributed by atoms with Gasteiger partial charge in [0.25, 0.3) is 0 Å². The van der Waals surface area contributed by atoms with Crippen molar-refractivity contribution in [3.8, 4) is 0 Å². The normalized spacial score (nSPS) is 18.6. The van der Waals surface area contributed by atoms with Gasteiger partial charge in [0.15, 0.2) is 0 Å². The van der Waals surface area contributed by atoms with Crippen LogP contribution in [0.3, 0.4) is 0 Å². The first-order valence-electron chi connectivity index (χ1n) is 7.23. The molecule has 1 aliphatic carbocycles. The predicted octanol–water partition coefficient (Wildman–Crippen LogP) is 2.12. The highest BCUT2D eigenvalue weighted by Crippen LogP contribution is 2.48. The van der Waals surface area contributed by atoms with Crippen molar-refractivity contribution in [2.24, 2.45) is 11.1 Å². The first-order valence-corrected chi connectivity index (χ1v) is 7.23. The molecule has 5 nitrogen and oxygen atoms in total. The third kappa shape index (κ3) is 2.78. The Labute approximate surface area is 124 Å². The lowest BCUT2D eigenvalue weighted by molar-refractivity contribution is -0.140. The van der Waals surface area contributed by atoms with E-state index in [-0.39, 0.29) is 12.5 Å². The minimum atomic E-state index is -0.777. The summed E-state index contributed by atoms with van der Waals surface area (Å²) in [4.78, 5) is 23.5. The highest BCUT2D eigenvalue weighted by molar-refractivity contribution is 5.95. The van der Waals surface area contributed by atoms with E-state index in [0.29, 0.717) is 24.9 Å². The van der Waals surface area contributed by atoms with Crippen LogP contribution in [0.5, 0.6) is 0 Å². The van der Waals surface area contributed by atoms with E-state index in [0.717, 1.165) is 5.56 Å². The van der Waals surface area contributed by atoms with Crippen LogP contribution in [-0.2, 0) is 15.0 Å². The van der Waals surface area contributed by atoms with Crippen LogP contribution in [0.2, 0.25) is 0 Å². The SMILES string of the molecule is CCC(C)(CN)C(=O)Nc1ccc(C2(C(=O)O)CC2)cc1. The summed E-state index contributed by atoms with van der Waals surface area (Å²) in [5, 5.41) is 12.1. The largest absolute Gasteiger partial charge is 0.481 e. The maximum absolute atomic E-state index is 12.2. The van der Waals surface area contributed by atoms with E-state index in [2.05, 4.69) is 5.32 Å². The number of carboxylic acids is 1. The summed E-state index contributed by atoms with van der Waals surface area (Å²) in [7, 11) is 0. The van der Waals surface area contributed by atoms with Gasteiger partial charge in [0.1, 0.15) is 0 Å². The van der Waals surface area contributed by atoms with E-state index in [1.54, 1.807) is 24.3 Å². The molecule has 0 saturated heterocycles. The summed E-state index contributed by atoms with van der Waals surface area (Å²) in [6, 6.07) is 7.07. The molecular weight excluding hydrogens is 268 g/mol. The molecule has 1 amide bonds. The quantitative estimate of drug-likeness (QED) is 0.748. The van der Waals surface area contributed by atoms with Crippen molar-refractivity contribution in [1.82, 2.24) is 0 Å². The predicted molar refractivity (Wildman–Crippen MR) is 81.1 cm³/mol. The van der Waals surface area contributed by atoms with Crippen molar-refractivity contribution in [3.05, 3.63) is 29.8 Å². The van der Waals surface area contributed by atoms with Crippen LogP contribution in [0.1, 0.15) is 38.7 Å². The average Bonchev–Trinajstić information content (AvgIpc) is 3.29. The highest BCUT2D eigenvalue weighted by Gasteiger charge is 2.51. The van der Waals surface area contributed by atoms with E-state index in [4.69, 9.17) is 5.73 Å². The van der Waals surface area contributed by atoms with Gasteiger partial charge in [-0.25, -0.2) is 0 Å². The molecule has 1 atom stereocenters. The van der Waals surface area contributed by atoms with E-state index >= 15 is 0 Å². The van der Waals surface area contributed by atoms with Gasteiger partial charge in [-0.05, 0) is 43.9 Å². The number of hydrogen-bond acceptors (Lipinski definition) is 3. The van der Waals surface area contributed by atoms with Crippen molar-refractivity contribution < 1.29 is 14.7 Å². The Bertz CT molecular complexity index is 543. The number of carbonyl (C=O) groups is 2. The van der Waals surface area contributed by atoms with Crippen molar-refractivity contribution >= 4 is 17.6 Å². The molecule has 0 aliphatic heterocycles. The molecule has 0 heterocycles. The van der Waals surface area contributed by atoms with Gasteiger partial charge in [-0.1, -0.05) is 19.1 Å². The van der Waals surface area contributed by atoms with Gasteiger partial charge in [-0.15, -0.1) is 0 Å². The lowest BCUT2D eigenvalue weighted by Gasteiger charge is -2.25. The minimum absolute atomic E-state index is 0.111. The molecule has 0 bridgehead atoms. The Morgan fingerprint density at radius 2 is 1.90 bits per heavy atom. The zero-order valence-electron chi connectivity index (χ0n) is 12.5. The van der Waals surface area contributed by atoms with Crippen LogP contribution in [-0.4, -0.2) is 23.5 Å². The Balaban J connectivity index is 2.10. The first kappa shape index (κ1) is 15.5. The maximum atomic E-state index is 12.2. The number of hydrogen-bond donors (Lipinski definition) is 3. The number of rotatable bonds is 6. The number of anilines is 1. The Morgan fingerprint density at radius 1 is 1.33 bits per heavy atom. The summed E-state index contributed by atoms with van der Waals surface area (Å²) in [6.07, 6.45) is 2.01. The summed E-state index contributed by atoms with van der Waals surface area (Å²) in [5.74, 6) is -0.888. The standard InChI is InChI=1S/C16H22N2O3/c1-3-15(2,10-17)13(19)18-12-6-4-11(5-7-12)16(8-9-16)14(20)21/h4-7H,3,8-10,17H2,1-2H3,(H,18,19)(H,20,21). The van der Waals surface area contributed by atoms with Gasteiger partial charge in [-0.2, -0.15) is 0 Å². The third-order valence-electron chi connectivity index (χ3n) is 4.63. The summed E-state index contributed by atoms with van der Waals surface area (Å²) in [5.41, 5.74) is 5.83. The maximum Gasteiger partial charge on any atom is 0.314 e. The summed E-state index contributed by atoms with van der Waals surface area (Å²) < 4.78 is 0. The van der Waals surface area contributed by atoms with E-state index in [1.165, 1.54) is 0 Å². The molecule has 0 spiro atoms. The van der Waals surface area contributed by atoms with Gasteiger partial charge >= 0.3 is 5.97 Å². The molecule has 1 aliphatic rings. The van der Waals surface area contributed by atoms with Crippen molar-refractivity contribution in [2.45, 2.75) is 38.5 Å². The second-order valence-electron chi connectivity index (χ2n) is 6.04. The van der Waals surface area contributed by atoms with Crippen molar-refractivity contribution in [3.63, 3.8) is 0 Å². The first-order chi connectivity index (χ1) is 9.88. The zero-order valence-corrected chi connectivity index (χ0v) is 12.5. The Hall–Kier alpha value is -1.88. The molecule has 5 heteroatoms. The van der Waals surface area contributed by atoms with Gasteiger partial charge in [0, 0.05) is 12.2 Å². The molecule has 0 radical (unpaired) electrons. The smallest absolute Gasteiger partial charge is 0.314 e. The molecule has 1 unspecified atom stereocenters. The van der Waals surface area contributed by atoms with Crippen molar-refractivity contribution in [2.75, 3.05) is 11.9 Å². The highest BCUT2D eigenvalue weighted by atomic mass is 16.4. The second-order valence-corrected chi connectivity index (χ2v) is 6.04. The van der Waals surface area contributed by atoms with Crippen LogP contribution in [0.4, 0.5) is 5.69 Å². The van der Waals surface area contributed by atoms with Gasteiger partial charge in [0.2, 0.25) is 5.91 Å². The van der Waals surface area contributed by atoms with Gasteiger partial charge < -0.3 is 16.2 Å². The lowest BCUT2D eigenvalue weighted by atomic mass is 9.86. The molecule has 1 aromatic rings. The summed E-state index contributed by atoms with van der Waals surface area (Å²) in [6.45, 7) is 4.05. The molecule has 114 valence electrons. The second kappa shape index (κ2) is 5.48. The number of amides is 1. The van der Waals surface area contributed by atoms with E-state index < -0.39 is 16.8 Å². The monoisotopic (exact) mass is 290 g/mol. The number of carboxylic acid groups (broad SMARTS) is 1. The lowest BCUT2D eigenvalue weighted by Crippen LogP contribution is -2.39. The number of nitrogens with one attached hydrogen (secondary N) is 1. The molecule has 4 N–H and O–H groups in total. The fraction of sp³-hybridized carbons (Fsp3) is 0.500. The molecular formula is C16H22N2O3. The van der Waals surface area contributed by atoms with Crippen LogP contribution >= 0.6 is 0 Å². The molecule has 0 aromatic heterocycles. The fourth-order valence-corrected chi connectivity index (χ4v) is 2.30. The Morgan fingerprint density at radius 3 is 2.29 bits per heavy atom. The molecule has 1 aromatic carbocycles. The minimum Gasteiger partial charge on any atom is -0.481 e. The van der Waals surface area contributed by atoms with Crippen LogP contribution in [0, 0.1) is 5.41 Å². The number of aliphatic carboxylic acids is 1. The topological polar surface area (TPSA) is 92.4 Å². The van der Waals surface area contributed by atoms with Crippen LogP contribution < -0.4 is 11.1 Å². The van der Waals surface area contributed by atoms with Gasteiger partial charge in [0.05, 0.1) is 10.8 Å². The van der Waals surface area contributed by atoms with E-state index in [1.807, 2.05) is 13.8 Å². The summed E-state index contributed by atoms with van der Waals surface area (Å²) >= 11 is 0. The van der Waals surface area contributed by atoms with Crippen LogP contribution in [0.25, 0.3) is 0 Å². The number of benzene rings is 1. The number of nitrogens with two attached hydrogens (primary N) is 1. The Kier molecular flexibility index (Phi) is 4.05. The molecule has 1 fully saturated rings. The molecule has 1 saturated carbocycles. The molecule has 21 heavy (non-hydrogen) atoms. The van der Waals surface area contributed by atoms with E-state index in [9.17, 15) is 14.7 Å². The zero-order chi connectivity index (χ0) is 15.7. The third-order valence-corrected chi connectivity index (χ3v) is 4.63. The van der Waals surface area contributed by atoms with Gasteiger partial charge in [-0.3, -0.25) is 9.59 Å². The fourth-order valence-electron chi connectivity index (χ4n) is 2.30. The average molecular weight is 290 g/mol. The number of carbonyl (C=O) groups excluding carboxylic acids is 1. The van der Waals surface area contributed by atoms with Crippen LogP contribution in [0.15, 0.2) is 24.3 Å². The molecule has 2 rings (SSSR count). The van der Waals surface area contributed by atoms with Crippen molar-refractivity contribution in [1.29, 1.82) is 0 Å².